The van der Waals surface area contributed by atoms with E-state index in [0.29, 0.717) is 18.8 Å². The van der Waals surface area contributed by atoms with Crippen molar-refractivity contribution in [1.82, 2.24) is 5.32 Å². The molecular weight excluding hydrogens is 250 g/mol. The summed E-state index contributed by atoms with van der Waals surface area (Å²) in [4.78, 5) is 12.0. The van der Waals surface area contributed by atoms with Crippen molar-refractivity contribution in [3.8, 4) is 0 Å². The highest BCUT2D eigenvalue weighted by molar-refractivity contribution is 5.76. The van der Waals surface area contributed by atoms with Crippen molar-refractivity contribution in [3.63, 3.8) is 0 Å². The monoisotopic (exact) mass is 275 g/mol. The minimum Gasteiger partial charge on any atom is -0.394 e. The Morgan fingerprint density at radius 3 is 2.55 bits per heavy atom. The molecule has 0 radical (unpaired) electrons. The largest absolute Gasteiger partial charge is 0.394 e. The predicted molar refractivity (Wildman–Crippen MR) is 80.4 cm³/mol. The molecule has 1 aliphatic rings. The van der Waals surface area contributed by atoms with Crippen LogP contribution in [0.2, 0.25) is 0 Å². The van der Waals surface area contributed by atoms with E-state index in [0.717, 1.165) is 5.56 Å². The Hall–Kier alpha value is -1.35. The lowest BCUT2D eigenvalue weighted by Gasteiger charge is -2.22. The van der Waals surface area contributed by atoms with Gasteiger partial charge < -0.3 is 10.4 Å². The Labute approximate surface area is 121 Å². The van der Waals surface area contributed by atoms with Gasteiger partial charge in [-0.3, -0.25) is 4.79 Å². The number of carbonyl (C=O) groups is 1. The zero-order chi connectivity index (χ0) is 14.2. The lowest BCUT2D eigenvalue weighted by atomic mass is 9.87. The van der Waals surface area contributed by atoms with Gasteiger partial charge in [0.1, 0.15) is 0 Å². The van der Waals surface area contributed by atoms with Crippen molar-refractivity contribution >= 4 is 5.91 Å². The van der Waals surface area contributed by atoms with E-state index in [2.05, 4.69) is 5.32 Å². The molecule has 2 N–H and O–H groups in total. The summed E-state index contributed by atoms with van der Waals surface area (Å²) in [5.41, 5.74) is 1.14. The number of hydrogen-bond acceptors (Lipinski definition) is 2. The number of amides is 1. The molecule has 0 spiro atoms. The van der Waals surface area contributed by atoms with Gasteiger partial charge in [-0.25, -0.2) is 0 Å². The van der Waals surface area contributed by atoms with Crippen LogP contribution in [0.15, 0.2) is 30.3 Å². The molecule has 1 aromatic carbocycles. The summed E-state index contributed by atoms with van der Waals surface area (Å²) in [5.74, 6) is 0.631. The molecule has 3 heteroatoms. The maximum atomic E-state index is 12.0. The van der Waals surface area contributed by atoms with Crippen LogP contribution < -0.4 is 5.32 Å². The molecule has 110 valence electrons. The fourth-order valence-electron chi connectivity index (χ4n) is 3.00. The van der Waals surface area contributed by atoms with Gasteiger partial charge in [0.05, 0.1) is 12.6 Å². The number of aliphatic hydroxyl groups excluding tert-OH is 1. The zero-order valence-electron chi connectivity index (χ0n) is 12.1. The average Bonchev–Trinajstić information content (AvgIpc) is 2.48. The smallest absolute Gasteiger partial charge is 0.220 e. The topological polar surface area (TPSA) is 49.3 Å². The Morgan fingerprint density at radius 2 is 1.90 bits per heavy atom. The highest BCUT2D eigenvalue weighted by atomic mass is 16.3. The summed E-state index contributed by atoms with van der Waals surface area (Å²) < 4.78 is 0. The molecule has 1 saturated carbocycles. The molecule has 0 aliphatic heterocycles. The van der Waals surface area contributed by atoms with E-state index in [1.165, 1.54) is 32.1 Å². The van der Waals surface area contributed by atoms with Gasteiger partial charge in [0.15, 0.2) is 0 Å². The van der Waals surface area contributed by atoms with Gasteiger partial charge in [-0.15, -0.1) is 0 Å². The zero-order valence-corrected chi connectivity index (χ0v) is 12.1. The maximum absolute atomic E-state index is 12.0. The quantitative estimate of drug-likeness (QED) is 0.838. The summed E-state index contributed by atoms with van der Waals surface area (Å²) in [6, 6.07) is 9.81. The minimum atomic E-state index is -0.173. The van der Waals surface area contributed by atoms with Crippen LogP contribution in [-0.2, 0) is 11.2 Å². The van der Waals surface area contributed by atoms with Gasteiger partial charge in [-0.2, -0.15) is 0 Å². The highest BCUT2D eigenvalue weighted by Crippen LogP contribution is 2.26. The van der Waals surface area contributed by atoms with Crippen LogP contribution in [0.4, 0.5) is 0 Å². The number of rotatable bonds is 6. The van der Waals surface area contributed by atoms with Gasteiger partial charge in [-0.1, -0.05) is 49.6 Å². The molecule has 0 saturated heterocycles. The van der Waals surface area contributed by atoms with E-state index in [9.17, 15) is 9.90 Å². The van der Waals surface area contributed by atoms with Crippen molar-refractivity contribution in [2.75, 3.05) is 6.61 Å². The fraction of sp³-hybridized carbons (Fsp3) is 0.588. The number of benzene rings is 1. The summed E-state index contributed by atoms with van der Waals surface area (Å²) in [7, 11) is 0. The third-order valence-corrected chi connectivity index (χ3v) is 4.11. The Kier molecular flexibility index (Phi) is 6.06. The van der Waals surface area contributed by atoms with E-state index in [-0.39, 0.29) is 18.6 Å². The summed E-state index contributed by atoms with van der Waals surface area (Å²) in [6.07, 6.45) is 7.48. The highest BCUT2D eigenvalue weighted by Gasteiger charge is 2.19. The third-order valence-electron chi connectivity index (χ3n) is 4.11. The third kappa shape index (κ3) is 4.97. The molecule has 0 heterocycles. The second-order valence-corrected chi connectivity index (χ2v) is 5.84. The van der Waals surface area contributed by atoms with Crippen LogP contribution in [0.25, 0.3) is 0 Å². The molecule has 1 aromatic rings. The van der Waals surface area contributed by atoms with Crippen LogP contribution in [-0.4, -0.2) is 23.7 Å². The van der Waals surface area contributed by atoms with Crippen molar-refractivity contribution in [3.05, 3.63) is 35.9 Å². The first-order valence-electron chi connectivity index (χ1n) is 7.72. The molecule has 1 fully saturated rings. The van der Waals surface area contributed by atoms with Gasteiger partial charge in [-0.05, 0) is 30.7 Å². The summed E-state index contributed by atoms with van der Waals surface area (Å²) >= 11 is 0. The minimum absolute atomic E-state index is 0.00863. The lowest BCUT2D eigenvalue weighted by molar-refractivity contribution is -0.123. The van der Waals surface area contributed by atoms with E-state index in [1.54, 1.807) is 0 Å². The molecule has 3 nitrogen and oxygen atoms in total. The molecule has 0 bridgehead atoms. The molecule has 20 heavy (non-hydrogen) atoms. The van der Waals surface area contributed by atoms with Gasteiger partial charge in [0, 0.05) is 6.42 Å². The van der Waals surface area contributed by atoms with Crippen molar-refractivity contribution in [2.45, 2.75) is 51.0 Å². The van der Waals surface area contributed by atoms with Crippen LogP contribution >= 0.6 is 0 Å². The first-order chi connectivity index (χ1) is 9.78. The molecule has 1 atom stereocenters. The fourth-order valence-corrected chi connectivity index (χ4v) is 3.00. The van der Waals surface area contributed by atoms with E-state index in [4.69, 9.17) is 0 Å². The molecule has 1 amide bonds. The Morgan fingerprint density at radius 1 is 1.20 bits per heavy atom. The van der Waals surface area contributed by atoms with Crippen LogP contribution in [0.3, 0.4) is 0 Å². The standard InChI is InChI=1S/C17H25NO2/c19-13-16(11-14-7-3-1-4-8-14)18-17(20)12-15-9-5-2-6-10-15/h1,3-4,7-8,15-16,19H,2,5-6,9-13H2,(H,18,20). The van der Waals surface area contributed by atoms with Crippen molar-refractivity contribution in [1.29, 1.82) is 0 Å². The van der Waals surface area contributed by atoms with Crippen LogP contribution in [0, 0.1) is 5.92 Å². The predicted octanol–water partition coefficient (Wildman–Crippen LogP) is 2.68. The Balaban J connectivity index is 1.78. The van der Waals surface area contributed by atoms with Gasteiger partial charge in [0.2, 0.25) is 5.91 Å². The average molecular weight is 275 g/mol. The van der Waals surface area contributed by atoms with Crippen LogP contribution in [0.5, 0.6) is 0 Å². The van der Waals surface area contributed by atoms with Crippen molar-refractivity contribution < 1.29 is 9.90 Å². The summed E-state index contributed by atoms with van der Waals surface area (Å²) in [6.45, 7) is -0.00863. The second-order valence-electron chi connectivity index (χ2n) is 5.84. The maximum Gasteiger partial charge on any atom is 0.220 e. The van der Waals surface area contributed by atoms with E-state index in [1.807, 2.05) is 30.3 Å². The van der Waals surface area contributed by atoms with Gasteiger partial charge in [0.25, 0.3) is 0 Å². The van der Waals surface area contributed by atoms with E-state index < -0.39 is 0 Å². The first kappa shape index (κ1) is 15.0. The van der Waals surface area contributed by atoms with Crippen molar-refractivity contribution in [2.24, 2.45) is 5.92 Å². The van der Waals surface area contributed by atoms with E-state index >= 15 is 0 Å². The number of hydrogen-bond donors (Lipinski definition) is 2. The van der Waals surface area contributed by atoms with Gasteiger partial charge >= 0.3 is 0 Å². The number of nitrogens with one attached hydrogen (secondary N) is 1. The normalized spacial score (nSPS) is 17.6. The lowest BCUT2D eigenvalue weighted by Crippen LogP contribution is -2.39. The summed E-state index contributed by atoms with van der Waals surface area (Å²) in [5, 5.41) is 12.4. The number of aliphatic hydroxyl groups is 1. The molecule has 1 unspecified atom stereocenters. The Bertz CT molecular complexity index is 399. The SMILES string of the molecule is O=C(CC1CCCCC1)NC(CO)Cc1ccccc1. The molecule has 0 aromatic heterocycles. The number of carbonyl (C=O) groups excluding carboxylic acids is 1. The van der Waals surface area contributed by atoms with Crippen LogP contribution in [0.1, 0.15) is 44.1 Å². The first-order valence-corrected chi connectivity index (χ1v) is 7.72. The molecule has 2 rings (SSSR count). The second kappa shape index (κ2) is 8.05. The molecular formula is C17H25NO2. The molecule has 1 aliphatic carbocycles.